The maximum Gasteiger partial charge on any atom is 0.124 e. The summed E-state index contributed by atoms with van der Waals surface area (Å²) in [6.45, 7) is 0.810. The minimum absolute atomic E-state index is 0.0652. The van der Waals surface area contributed by atoms with Crippen molar-refractivity contribution in [3.63, 3.8) is 0 Å². The third kappa shape index (κ3) is 4.65. The van der Waals surface area contributed by atoms with E-state index in [0.29, 0.717) is 29.5 Å². The second kappa shape index (κ2) is 7.33. The highest BCUT2D eigenvalue weighted by Crippen LogP contribution is 2.22. The zero-order chi connectivity index (χ0) is 15.2. The molecule has 0 aliphatic heterocycles. The van der Waals surface area contributed by atoms with Crippen molar-refractivity contribution in [1.29, 1.82) is 5.41 Å². The Labute approximate surface area is 136 Å². The summed E-state index contributed by atoms with van der Waals surface area (Å²) in [5.41, 5.74) is 5.89. The van der Waals surface area contributed by atoms with Crippen molar-refractivity contribution in [2.75, 3.05) is 13.2 Å². The minimum atomic E-state index is -0.0652. The van der Waals surface area contributed by atoms with Crippen LogP contribution in [0.3, 0.4) is 0 Å². The molecule has 0 unspecified atom stereocenters. The van der Waals surface area contributed by atoms with Crippen LogP contribution in [0.1, 0.15) is 5.56 Å². The van der Waals surface area contributed by atoms with E-state index in [9.17, 15) is 0 Å². The molecule has 0 aromatic heterocycles. The van der Waals surface area contributed by atoms with Gasteiger partial charge in [-0.25, -0.2) is 0 Å². The Balaban J connectivity index is 1.84. The fourth-order valence-electron chi connectivity index (χ4n) is 1.68. The molecule has 3 N–H and O–H groups in total. The number of rotatable bonds is 6. The topological polar surface area (TPSA) is 68.3 Å². The zero-order valence-corrected chi connectivity index (χ0v) is 13.4. The maximum atomic E-state index is 7.36. The van der Waals surface area contributed by atoms with Gasteiger partial charge in [0.2, 0.25) is 0 Å². The average Bonchev–Trinajstić information content (AvgIpc) is 2.43. The minimum Gasteiger partial charge on any atom is -0.490 e. The van der Waals surface area contributed by atoms with Crippen molar-refractivity contribution < 1.29 is 9.47 Å². The quantitative estimate of drug-likeness (QED) is 0.462. The highest BCUT2D eigenvalue weighted by Gasteiger charge is 2.05. The van der Waals surface area contributed by atoms with Crippen molar-refractivity contribution in [3.8, 4) is 11.5 Å². The molecule has 0 saturated heterocycles. The van der Waals surface area contributed by atoms with Gasteiger partial charge < -0.3 is 15.2 Å². The first-order chi connectivity index (χ1) is 10.1. The van der Waals surface area contributed by atoms with Crippen molar-refractivity contribution in [2.24, 2.45) is 5.73 Å². The molecule has 0 radical (unpaired) electrons. The van der Waals surface area contributed by atoms with E-state index in [4.69, 9.17) is 32.2 Å². The van der Waals surface area contributed by atoms with E-state index in [1.807, 2.05) is 24.3 Å². The number of halogens is 2. The van der Waals surface area contributed by atoms with Crippen LogP contribution in [-0.2, 0) is 0 Å². The number of hydrogen-bond acceptors (Lipinski definition) is 3. The van der Waals surface area contributed by atoms with Crippen LogP contribution in [0.5, 0.6) is 11.5 Å². The number of ether oxygens (including phenoxy) is 2. The largest absolute Gasteiger partial charge is 0.490 e. The Hall–Kier alpha value is -1.72. The van der Waals surface area contributed by atoms with Crippen LogP contribution in [0.25, 0.3) is 0 Å². The van der Waals surface area contributed by atoms with Gasteiger partial charge in [0.05, 0.1) is 5.02 Å². The molecule has 2 aromatic rings. The van der Waals surface area contributed by atoms with Crippen LogP contribution < -0.4 is 15.2 Å². The first kappa shape index (κ1) is 15.7. The number of nitrogen functional groups attached to an aromatic ring is 1. The smallest absolute Gasteiger partial charge is 0.124 e. The molecule has 21 heavy (non-hydrogen) atoms. The Bertz CT molecular complexity index is 649. The highest BCUT2D eigenvalue weighted by molar-refractivity contribution is 9.10. The third-order valence-corrected chi connectivity index (χ3v) is 3.45. The maximum absolute atomic E-state index is 7.36. The molecule has 0 atom stereocenters. The van der Waals surface area contributed by atoms with Crippen LogP contribution >= 0.6 is 27.5 Å². The van der Waals surface area contributed by atoms with Crippen molar-refractivity contribution in [2.45, 2.75) is 0 Å². The van der Waals surface area contributed by atoms with Gasteiger partial charge in [-0.15, -0.1) is 0 Å². The summed E-state index contributed by atoms with van der Waals surface area (Å²) in [7, 11) is 0. The summed E-state index contributed by atoms with van der Waals surface area (Å²) in [6, 6.07) is 12.6. The third-order valence-electron chi connectivity index (χ3n) is 2.65. The number of benzene rings is 2. The molecule has 6 heteroatoms. The highest BCUT2D eigenvalue weighted by atomic mass is 79.9. The lowest BCUT2D eigenvalue weighted by Crippen LogP contribution is -2.12. The summed E-state index contributed by atoms with van der Waals surface area (Å²) in [5, 5.41) is 7.75. The lowest BCUT2D eigenvalue weighted by atomic mass is 10.2. The Morgan fingerprint density at radius 2 is 1.76 bits per heavy atom. The molecule has 110 valence electrons. The summed E-state index contributed by atoms with van der Waals surface area (Å²) in [4.78, 5) is 0. The molecule has 0 saturated carbocycles. The van der Waals surface area contributed by atoms with Crippen LogP contribution in [0.4, 0.5) is 0 Å². The Kier molecular flexibility index (Phi) is 5.47. The molecule has 0 amide bonds. The van der Waals surface area contributed by atoms with Gasteiger partial charge in [-0.05, 0) is 36.4 Å². The predicted molar refractivity (Wildman–Crippen MR) is 87.6 cm³/mol. The van der Waals surface area contributed by atoms with Gasteiger partial charge in [-0.1, -0.05) is 33.6 Å². The summed E-state index contributed by atoms with van der Waals surface area (Å²) in [5.74, 6) is 1.32. The Morgan fingerprint density at radius 1 is 1.10 bits per heavy atom. The van der Waals surface area contributed by atoms with Gasteiger partial charge in [0.25, 0.3) is 0 Å². The first-order valence-corrected chi connectivity index (χ1v) is 7.38. The molecule has 4 nitrogen and oxygen atoms in total. The van der Waals surface area contributed by atoms with Crippen LogP contribution in [0.2, 0.25) is 5.02 Å². The van der Waals surface area contributed by atoms with Gasteiger partial charge in [-0.3, -0.25) is 5.41 Å². The van der Waals surface area contributed by atoms with E-state index in [1.165, 1.54) is 0 Å². The summed E-state index contributed by atoms with van der Waals surface area (Å²) in [6.07, 6.45) is 0. The molecule has 0 heterocycles. The second-order valence-electron chi connectivity index (χ2n) is 4.21. The first-order valence-electron chi connectivity index (χ1n) is 6.21. The van der Waals surface area contributed by atoms with Gasteiger partial charge in [0.1, 0.15) is 30.5 Å². The van der Waals surface area contributed by atoms with Crippen molar-refractivity contribution >= 4 is 33.4 Å². The predicted octanol–water partition coefficient (Wildman–Crippen LogP) is 3.84. The summed E-state index contributed by atoms with van der Waals surface area (Å²) >= 11 is 9.39. The lowest BCUT2D eigenvalue weighted by Gasteiger charge is -2.10. The molecular weight excluding hydrogens is 356 g/mol. The van der Waals surface area contributed by atoms with Gasteiger partial charge in [-0.2, -0.15) is 0 Å². The summed E-state index contributed by atoms with van der Waals surface area (Å²) < 4.78 is 12.1. The van der Waals surface area contributed by atoms with Crippen molar-refractivity contribution in [1.82, 2.24) is 0 Å². The van der Waals surface area contributed by atoms with E-state index in [0.717, 1.165) is 10.2 Å². The molecule has 0 aliphatic rings. The molecule has 0 spiro atoms. The SMILES string of the molecule is N=C(N)c1ccc(OCCOc2cccc(Br)c2)cc1Cl. The normalized spacial score (nSPS) is 10.2. The average molecular weight is 370 g/mol. The number of nitrogens with two attached hydrogens (primary N) is 1. The van der Waals surface area contributed by atoms with Gasteiger partial charge >= 0.3 is 0 Å². The Morgan fingerprint density at radius 3 is 2.33 bits per heavy atom. The van der Waals surface area contributed by atoms with Crippen LogP contribution in [0.15, 0.2) is 46.9 Å². The van der Waals surface area contributed by atoms with E-state index in [-0.39, 0.29) is 5.84 Å². The number of amidine groups is 1. The molecule has 2 rings (SSSR count). The number of hydrogen-bond donors (Lipinski definition) is 2. The molecular formula is C15H14BrClN2O2. The van der Waals surface area contributed by atoms with E-state index < -0.39 is 0 Å². The van der Waals surface area contributed by atoms with Crippen LogP contribution in [-0.4, -0.2) is 19.0 Å². The second-order valence-corrected chi connectivity index (χ2v) is 5.53. The van der Waals surface area contributed by atoms with E-state index in [2.05, 4.69) is 15.9 Å². The standard InChI is InChI=1S/C15H14BrClN2O2/c16-10-2-1-3-11(8-10)20-6-7-21-12-4-5-13(15(18)19)14(17)9-12/h1-5,8-9H,6-7H2,(H3,18,19). The number of nitrogens with one attached hydrogen (secondary N) is 1. The van der Waals surface area contributed by atoms with Gasteiger partial charge in [0.15, 0.2) is 0 Å². The molecule has 0 fully saturated rings. The van der Waals surface area contributed by atoms with E-state index >= 15 is 0 Å². The van der Waals surface area contributed by atoms with Gasteiger partial charge in [0, 0.05) is 10.0 Å². The molecule has 0 bridgehead atoms. The lowest BCUT2D eigenvalue weighted by molar-refractivity contribution is 0.217. The fourth-order valence-corrected chi connectivity index (χ4v) is 2.33. The van der Waals surface area contributed by atoms with E-state index in [1.54, 1.807) is 18.2 Å². The zero-order valence-electron chi connectivity index (χ0n) is 11.1. The molecule has 0 aliphatic carbocycles. The van der Waals surface area contributed by atoms with Crippen molar-refractivity contribution in [3.05, 3.63) is 57.5 Å². The molecule has 2 aromatic carbocycles. The monoisotopic (exact) mass is 368 g/mol. The fraction of sp³-hybridized carbons (Fsp3) is 0.133. The van der Waals surface area contributed by atoms with Crippen LogP contribution in [0, 0.1) is 5.41 Å².